The highest BCUT2D eigenvalue weighted by Crippen LogP contribution is 2.43. The molecule has 0 saturated heterocycles. The molecule has 0 unspecified atom stereocenters. The highest BCUT2D eigenvalue weighted by molar-refractivity contribution is 14.0. The average molecular weight is 527 g/mol. The summed E-state index contributed by atoms with van der Waals surface area (Å²) in [6, 6.07) is 0. The smallest absolute Gasteiger partial charge is 0.408 e. The van der Waals surface area contributed by atoms with Gasteiger partial charge in [0.1, 0.15) is 5.60 Å². The lowest BCUT2D eigenvalue weighted by molar-refractivity contribution is 0.0448. The van der Waals surface area contributed by atoms with E-state index in [1.54, 1.807) is 14.2 Å². The Labute approximate surface area is 194 Å². The van der Waals surface area contributed by atoms with Crippen molar-refractivity contribution in [2.75, 3.05) is 33.9 Å². The van der Waals surface area contributed by atoms with Gasteiger partial charge in [-0.15, -0.1) is 24.0 Å². The number of rotatable bonds is 10. The largest absolute Gasteiger partial charge is 0.444 e. The van der Waals surface area contributed by atoms with E-state index < -0.39 is 5.60 Å². The van der Waals surface area contributed by atoms with Crippen LogP contribution in [-0.4, -0.2) is 57.0 Å². The summed E-state index contributed by atoms with van der Waals surface area (Å²) >= 11 is 0. The minimum atomic E-state index is -0.512. The predicted octanol–water partition coefficient (Wildman–Crippen LogP) is 4.06. The molecule has 1 fully saturated rings. The molecule has 1 aliphatic carbocycles. The van der Waals surface area contributed by atoms with E-state index in [-0.39, 0.29) is 35.6 Å². The third-order valence-electron chi connectivity index (χ3n) is 5.82. The van der Waals surface area contributed by atoms with Gasteiger partial charge in [-0.2, -0.15) is 0 Å². The lowest BCUT2D eigenvalue weighted by atomic mass is 9.67. The van der Waals surface area contributed by atoms with Gasteiger partial charge in [-0.25, -0.2) is 4.79 Å². The van der Waals surface area contributed by atoms with Gasteiger partial charge in [0.2, 0.25) is 0 Å². The maximum atomic E-state index is 12.3. The monoisotopic (exact) mass is 526 g/mol. The van der Waals surface area contributed by atoms with Gasteiger partial charge in [0.05, 0.1) is 5.54 Å². The normalized spacial score (nSPS) is 16.3. The Balaban J connectivity index is 0.00000784. The summed E-state index contributed by atoms with van der Waals surface area (Å²) in [5, 5.41) is 9.93. The first-order chi connectivity index (χ1) is 13.1. The molecule has 1 amide bonds. The Kier molecular flexibility index (Phi) is 12.5. The predicted molar refractivity (Wildman–Crippen MR) is 130 cm³/mol. The number of halogens is 1. The summed E-state index contributed by atoms with van der Waals surface area (Å²) in [6.07, 6.45) is 6.03. The van der Waals surface area contributed by atoms with E-state index in [0.29, 0.717) is 12.0 Å². The Morgan fingerprint density at radius 3 is 2.17 bits per heavy atom. The number of methoxy groups -OCH3 is 1. The van der Waals surface area contributed by atoms with Crippen LogP contribution >= 0.6 is 24.0 Å². The quantitative estimate of drug-likeness (QED) is 0.227. The van der Waals surface area contributed by atoms with Crippen molar-refractivity contribution in [3.05, 3.63) is 0 Å². The van der Waals surface area contributed by atoms with E-state index >= 15 is 0 Å². The van der Waals surface area contributed by atoms with Crippen molar-refractivity contribution in [1.29, 1.82) is 0 Å². The molecule has 8 heteroatoms. The van der Waals surface area contributed by atoms with Crippen molar-refractivity contribution in [2.45, 2.75) is 84.3 Å². The number of amides is 1. The number of alkyl carbamates (subject to hydrolysis) is 1. The second-order valence-corrected chi connectivity index (χ2v) is 8.99. The van der Waals surface area contributed by atoms with Gasteiger partial charge < -0.3 is 25.4 Å². The molecular weight excluding hydrogens is 483 g/mol. The third-order valence-corrected chi connectivity index (χ3v) is 5.82. The van der Waals surface area contributed by atoms with Crippen molar-refractivity contribution in [3.8, 4) is 0 Å². The van der Waals surface area contributed by atoms with Crippen LogP contribution in [0.2, 0.25) is 0 Å². The van der Waals surface area contributed by atoms with Crippen molar-refractivity contribution < 1.29 is 14.3 Å². The summed E-state index contributed by atoms with van der Waals surface area (Å²) in [7, 11) is 3.53. The molecule has 29 heavy (non-hydrogen) atoms. The fraction of sp³-hybridized carbons (Fsp3) is 0.905. The molecule has 0 radical (unpaired) electrons. The van der Waals surface area contributed by atoms with Crippen molar-refractivity contribution in [2.24, 2.45) is 10.4 Å². The average Bonchev–Trinajstić information content (AvgIpc) is 2.60. The molecule has 0 spiro atoms. The zero-order chi connectivity index (χ0) is 21.3. The molecule has 1 rings (SSSR count). The second kappa shape index (κ2) is 12.8. The highest BCUT2D eigenvalue weighted by atomic mass is 127. The van der Waals surface area contributed by atoms with E-state index in [4.69, 9.17) is 9.47 Å². The van der Waals surface area contributed by atoms with Crippen LogP contribution in [0, 0.1) is 5.41 Å². The van der Waals surface area contributed by atoms with Gasteiger partial charge in [0.15, 0.2) is 5.96 Å². The van der Waals surface area contributed by atoms with E-state index in [9.17, 15) is 4.79 Å². The molecule has 0 heterocycles. The molecule has 0 aliphatic heterocycles. The molecule has 1 saturated carbocycles. The van der Waals surface area contributed by atoms with Gasteiger partial charge in [-0.05, 0) is 58.3 Å². The van der Waals surface area contributed by atoms with Crippen LogP contribution < -0.4 is 16.0 Å². The maximum absolute atomic E-state index is 12.3. The topological polar surface area (TPSA) is 84.0 Å². The number of nitrogens with zero attached hydrogens (tertiary/aromatic N) is 1. The Hall–Kier alpha value is -0.770. The fourth-order valence-corrected chi connectivity index (χ4v) is 3.50. The first-order valence-electron chi connectivity index (χ1n) is 10.6. The van der Waals surface area contributed by atoms with E-state index in [2.05, 4.69) is 34.8 Å². The fourth-order valence-electron chi connectivity index (χ4n) is 3.50. The summed E-state index contributed by atoms with van der Waals surface area (Å²) in [5.41, 5.74) is -0.583. The molecule has 3 N–H and O–H groups in total. The van der Waals surface area contributed by atoms with Crippen LogP contribution in [0.15, 0.2) is 4.99 Å². The number of aliphatic imine (C=N–C) groups is 1. The standard InChI is InChI=1S/C21H42N4O3.HI/c1-8-21(9-2,25-18(26)28-19(3,4)5)16-24-17(22-6)23-15-20(11-10-12-20)13-14-27-7;/h8-16H2,1-7H3,(H,25,26)(H2,22,23,24);1H. The Morgan fingerprint density at radius 2 is 1.76 bits per heavy atom. The molecular formula is C21H43IN4O3. The highest BCUT2D eigenvalue weighted by Gasteiger charge is 2.37. The van der Waals surface area contributed by atoms with Gasteiger partial charge in [0, 0.05) is 33.9 Å². The molecule has 0 aromatic carbocycles. The van der Waals surface area contributed by atoms with Crippen LogP contribution in [0.3, 0.4) is 0 Å². The SMILES string of the molecule is CCC(CC)(CNC(=NC)NCC1(CCOC)CCC1)NC(=O)OC(C)(C)C.I. The molecule has 1 aliphatic rings. The van der Waals surface area contributed by atoms with Gasteiger partial charge in [-0.3, -0.25) is 4.99 Å². The summed E-state index contributed by atoms with van der Waals surface area (Å²) in [5.74, 6) is 0.765. The molecule has 0 aromatic rings. The summed E-state index contributed by atoms with van der Waals surface area (Å²) < 4.78 is 10.7. The molecule has 0 aromatic heterocycles. The maximum Gasteiger partial charge on any atom is 0.408 e. The number of ether oxygens (including phenoxy) is 2. The van der Waals surface area contributed by atoms with Gasteiger partial charge in [-0.1, -0.05) is 20.3 Å². The van der Waals surface area contributed by atoms with Crippen molar-refractivity contribution >= 4 is 36.0 Å². The second-order valence-electron chi connectivity index (χ2n) is 8.99. The Morgan fingerprint density at radius 1 is 1.14 bits per heavy atom. The van der Waals surface area contributed by atoms with Crippen LogP contribution in [0.4, 0.5) is 4.79 Å². The van der Waals surface area contributed by atoms with Crippen molar-refractivity contribution in [1.82, 2.24) is 16.0 Å². The Bertz CT molecular complexity index is 513. The van der Waals surface area contributed by atoms with Gasteiger partial charge in [0.25, 0.3) is 0 Å². The van der Waals surface area contributed by atoms with Gasteiger partial charge >= 0.3 is 6.09 Å². The number of carbonyl (C=O) groups excluding carboxylic acids is 1. The zero-order valence-electron chi connectivity index (χ0n) is 19.4. The first kappa shape index (κ1) is 28.2. The lowest BCUT2D eigenvalue weighted by Gasteiger charge is -2.42. The minimum Gasteiger partial charge on any atom is -0.444 e. The zero-order valence-corrected chi connectivity index (χ0v) is 21.8. The van der Waals surface area contributed by atoms with Crippen LogP contribution in [-0.2, 0) is 9.47 Å². The van der Waals surface area contributed by atoms with E-state index in [1.807, 2.05) is 20.8 Å². The molecule has 172 valence electrons. The number of hydrogen-bond acceptors (Lipinski definition) is 4. The number of hydrogen-bond donors (Lipinski definition) is 3. The third kappa shape index (κ3) is 9.72. The van der Waals surface area contributed by atoms with E-state index in [1.165, 1.54) is 19.3 Å². The summed E-state index contributed by atoms with van der Waals surface area (Å²) in [6.45, 7) is 12.0. The number of nitrogens with one attached hydrogen (secondary N) is 3. The van der Waals surface area contributed by atoms with Crippen LogP contribution in [0.25, 0.3) is 0 Å². The van der Waals surface area contributed by atoms with Crippen LogP contribution in [0.5, 0.6) is 0 Å². The summed E-state index contributed by atoms with van der Waals surface area (Å²) in [4.78, 5) is 16.7. The molecule has 0 bridgehead atoms. The molecule has 0 atom stereocenters. The number of guanidine groups is 1. The van der Waals surface area contributed by atoms with Crippen molar-refractivity contribution in [3.63, 3.8) is 0 Å². The van der Waals surface area contributed by atoms with E-state index in [0.717, 1.165) is 38.4 Å². The lowest BCUT2D eigenvalue weighted by Crippen LogP contribution is -2.57. The number of carbonyl (C=O) groups is 1. The minimum absolute atomic E-state index is 0. The van der Waals surface area contributed by atoms with Crippen LogP contribution in [0.1, 0.15) is 73.1 Å². The first-order valence-corrected chi connectivity index (χ1v) is 10.6. The molecule has 7 nitrogen and oxygen atoms in total.